The molecule has 0 radical (unpaired) electrons. The number of fused-ring (bicyclic) bond motifs is 1. The van der Waals surface area contributed by atoms with E-state index in [1.54, 1.807) is 11.1 Å². The third-order valence-corrected chi connectivity index (χ3v) is 4.95. The number of benzene rings is 1. The number of nitrogens with one attached hydrogen (secondary N) is 1. The van der Waals surface area contributed by atoms with Crippen molar-refractivity contribution in [3.8, 4) is 0 Å². The highest BCUT2D eigenvalue weighted by Crippen LogP contribution is 2.17. The van der Waals surface area contributed by atoms with Gasteiger partial charge in [-0.15, -0.1) is 0 Å². The van der Waals surface area contributed by atoms with Crippen molar-refractivity contribution in [3.63, 3.8) is 0 Å². The molecule has 0 aliphatic carbocycles. The van der Waals surface area contributed by atoms with Crippen LogP contribution in [0.5, 0.6) is 0 Å². The molecule has 110 valence electrons. The van der Waals surface area contributed by atoms with Crippen LogP contribution in [0.1, 0.15) is 43.2 Å². The highest BCUT2D eigenvalue weighted by molar-refractivity contribution is 5.28. The van der Waals surface area contributed by atoms with E-state index < -0.39 is 0 Å². The van der Waals surface area contributed by atoms with Crippen LogP contribution in [0.3, 0.4) is 0 Å². The Bertz CT molecular complexity index is 383. The molecule has 0 aromatic heterocycles. The zero-order chi connectivity index (χ0) is 13.6. The van der Waals surface area contributed by atoms with Crippen LogP contribution in [0, 0.1) is 0 Å². The van der Waals surface area contributed by atoms with E-state index in [4.69, 9.17) is 0 Å². The third-order valence-electron chi connectivity index (χ3n) is 4.95. The molecule has 1 unspecified atom stereocenters. The quantitative estimate of drug-likeness (QED) is 0.906. The number of hydrogen-bond donors (Lipinski definition) is 1. The minimum atomic E-state index is 0.799. The Kier molecular flexibility index (Phi) is 5.10. The second-order valence-corrected chi connectivity index (χ2v) is 6.40. The molecule has 2 nitrogen and oxygen atoms in total. The molecule has 1 atom stereocenters. The van der Waals surface area contributed by atoms with Crippen molar-refractivity contribution in [2.75, 3.05) is 26.2 Å². The molecule has 2 aliphatic rings. The predicted molar refractivity (Wildman–Crippen MR) is 85.2 cm³/mol. The summed E-state index contributed by atoms with van der Waals surface area (Å²) in [5.41, 5.74) is 3.15. The molecular weight excluding hydrogens is 244 g/mol. The first kappa shape index (κ1) is 14.1. The molecular formula is C18H28N2. The monoisotopic (exact) mass is 272 g/mol. The zero-order valence-electron chi connectivity index (χ0n) is 12.6. The van der Waals surface area contributed by atoms with E-state index in [0.717, 1.165) is 6.04 Å². The first-order chi connectivity index (χ1) is 9.92. The Morgan fingerprint density at radius 3 is 2.45 bits per heavy atom. The van der Waals surface area contributed by atoms with E-state index in [1.165, 1.54) is 71.1 Å². The summed E-state index contributed by atoms with van der Waals surface area (Å²) < 4.78 is 0. The smallest absolute Gasteiger partial charge is 0.00675 e. The number of rotatable bonds is 4. The molecule has 3 rings (SSSR count). The number of hydrogen-bond acceptors (Lipinski definition) is 2. The summed E-state index contributed by atoms with van der Waals surface area (Å²) in [6, 6.07) is 9.79. The fraction of sp³-hybridized carbons (Fsp3) is 0.667. The van der Waals surface area contributed by atoms with Crippen molar-refractivity contribution < 1.29 is 0 Å². The fourth-order valence-electron chi connectivity index (χ4n) is 3.67. The molecule has 1 aromatic rings. The van der Waals surface area contributed by atoms with Gasteiger partial charge < -0.3 is 10.2 Å². The Labute approximate surface area is 123 Å². The van der Waals surface area contributed by atoms with E-state index in [9.17, 15) is 0 Å². The van der Waals surface area contributed by atoms with Gasteiger partial charge in [-0.3, -0.25) is 0 Å². The molecule has 0 bridgehead atoms. The van der Waals surface area contributed by atoms with Gasteiger partial charge in [-0.2, -0.15) is 0 Å². The van der Waals surface area contributed by atoms with E-state index in [1.807, 2.05) is 0 Å². The Morgan fingerprint density at radius 2 is 1.80 bits per heavy atom. The summed E-state index contributed by atoms with van der Waals surface area (Å²) in [6.45, 7) is 5.01. The first-order valence-electron chi connectivity index (χ1n) is 8.44. The van der Waals surface area contributed by atoms with Crippen LogP contribution in [0.4, 0.5) is 0 Å². The van der Waals surface area contributed by atoms with Crippen LogP contribution in [0.15, 0.2) is 24.3 Å². The summed E-state index contributed by atoms with van der Waals surface area (Å²) in [5, 5.41) is 3.66. The van der Waals surface area contributed by atoms with Crippen molar-refractivity contribution in [2.24, 2.45) is 0 Å². The van der Waals surface area contributed by atoms with Gasteiger partial charge in [-0.05, 0) is 62.7 Å². The van der Waals surface area contributed by atoms with Crippen LogP contribution >= 0.6 is 0 Å². The van der Waals surface area contributed by atoms with Crippen molar-refractivity contribution in [1.29, 1.82) is 0 Å². The van der Waals surface area contributed by atoms with Gasteiger partial charge in [-0.25, -0.2) is 0 Å². The van der Waals surface area contributed by atoms with Gasteiger partial charge in [0, 0.05) is 19.1 Å². The highest BCUT2D eigenvalue weighted by atomic mass is 15.1. The van der Waals surface area contributed by atoms with E-state index in [2.05, 4.69) is 34.5 Å². The van der Waals surface area contributed by atoms with Gasteiger partial charge >= 0.3 is 0 Å². The fourth-order valence-corrected chi connectivity index (χ4v) is 3.67. The molecule has 1 fully saturated rings. The van der Waals surface area contributed by atoms with Crippen LogP contribution in [0.2, 0.25) is 0 Å². The summed E-state index contributed by atoms with van der Waals surface area (Å²) in [6.07, 6.45) is 9.39. The average Bonchev–Trinajstić information content (AvgIpc) is 2.71. The van der Waals surface area contributed by atoms with Crippen molar-refractivity contribution >= 4 is 0 Å². The molecule has 1 N–H and O–H groups in total. The maximum atomic E-state index is 3.66. The second kappa shape index (κ2) is 7.24. The normalized spacial score (nSPS) is 24.1. The summed E-state index contributed by atoms with van der Waals surface area (Å²) >= 11 is 0. The van der Waals surface area contributed by atoms with Crippen LogP contribution in [0.25, 0.3) is 0 Å². The number of piperidine rings is 1. The van der Waals surface area contributed by atoms with Gasteiger partial charge in [-0.1, -0.05) is 30.7 Å². The lowest BCUT2D eigenvalue weighted by Gasteiger charge is -2.25. The molecule has 20 heavy (non-hydrogen) atoms. The SMILES string of the molecule is c1ccc2c(c1)CCN(CCCC1CCCCN1)CC2. The molecule has 1 saturated heterocycles. The molecule has 0 saturated carbocycles. The Morgan fingerprint density at radius 1 is 1.05 bits per heavy atom. The molecule has 2 heteroatoms. The van der Waals surface area contributed by atoms with Crippen molar-refractivity contribution in [2.45, 2.75) is 51.0 Å². The van der Waals surface area contributed by atoms with Crippen LogP contribution in [-0.2, 0) is 12.8 Å². The van der Waals surface area contributed by atoms with E-state index >= 15 is 0 Å². The topological polar surface area (TPSA) is 15.3 Å². The molecule has 0 spiro atoms. The highest BCUT2D eigenvalue weighted by Gasteiger charge is 2.15. The summed E-state index contributed by atoms with van der Waals surface area (Å²) in [7, 11) is 0. The maximum absolute atomic E-state index is 3.66. The van der Waals surface area contributed by atoms with Gasteiger partial charge in [0.1, 0.15) is 0 Å². The summed E-state index contributed by atoms with van der Waals surface area (Å²) in [4.78, 5) is 2.67. The van der Waals surface area contributed by atoms with Crippen LogP contribution < -0.4 is 5.32 Å². The minimum Gasteiger partial charge on any atom is -0.314 e. The van der Waals surface area contributed by atoms with E-state index in [-0.39, 0.29) is 0 Å². The average molecular weight is 272 g/mol. The first-order valence-corrected chi connectivity index (χ1v) is 8.44. The maximum Gasteiger partial charge on any atom is 0.00675 e. The van der Waals surface area contributed by atoms with Crippen molar-refractivity contribution in [3.05, 3.63) is 35.4 Å². The van der Waals surface area contributed by atoms with Gasteiger partial charge in [0.2, 0.25) is 0 Å². The summed E-state index contributed by atoms with van der Waals surface area (Å²) in [5.74, 6) is 0. The van der Waals surface area contributed by atoms with Crippen molar-refractivity contribution in [1.82, 2.24) is 10.2 Å². The van der Waals surface area contributed by atoms with Crippen LogP contribution in [-0.4, -0.2) is 37.1 Å². The van der Waals surface area contributed by atoms with Gasteiger partial charge in [0.15, 0.2) is 0 Å². The lowest BCUT2D eigenvalue weighted by molar-refractivity contribution is 0.268. The second-order valence-electron chi connectivity index (χ2n) is 6.40. The largest absolute Gasteiger partial charge is 0.314 e. The lowest BCUT2D eigenvalue weighted by atomic mass is 10.0. The Hall–Kier alpha value is -0.860. The molecule has 0 amide bonds. The molecule has 2 heterocycles. The minimum absolute atomic E-state index is 0.799. The van der Waals surface area contributed by atoms with Gasteiger partial charge in [0.05, 0.1) is 0 Å². The predicted octanol–water partition coefficient (Wildman–Crippen LogP) is 3.01. The molecule has 2 aliphatic heterocycles. The Balaban J connectivity index is 1.41. The van der Waals surface area contributed by atoms with E-state index in [0.29, 0.717) is 0 Å². The lowest BCUT2D eigenvalue weighted by Crippen LogP contribution is -2.35. The number of nitrogens with zero attached hydrogens (tertiary/aromatic N) is 1. The standard InChI is InChI=1S/C18H28N2/c1-2-7-17-11-15-20(14-10-16(17)6-1)13-5-9-18-8-3-4-12-19-18/h1-2,6-7,18-19H,3-5,8-15H2. The van der Waals surface area contributed by atoms with Gasteiger partial charge in [0.25, 0.3) is 0 Å². The molecule has 1 aromatic carbocycles. The third kappa shape index (κ3) is 3.83. The zero-order valence-corrected chi connectivity index (χ0v) is 12.6.